The molecule has 2 aromatic carbocycles. The van der Waals surface area contributed by atoms with Gasteiger partial charge in [0.1, 0.15) is 5.75 Å². The molecule has 0 aliphatic rings. The number of methoxy groups -OCH3 is 1. The summed E-state index contributed by atoms with van der Waals surface area (Å²) in [6.45, 7) is 0.0322. The van der Waals surface area contributed by atoms with Gasteiger partial charge in [0.15, 0.2) is 0 Å². The smallest absolute Gasteiger partial charge is 0.303 e. The molecule has 1 N–H and O–H groups in total. The molecule has 0 radical (unpaired) electrons. The fraction of sp³-hybridized carbons (Fsp3) is 0.235. The molecule has 2 rings (SSSR count). The lowest BCUT2D eigenvalue weighted by Crippen LogP contribution is -2.32. The number of carboxylic acid groups (broad SMARTS) is 1. The molecule has 0 aromatic heterocycles. The maximum absolute atomic E-state index is 13.0. The van der Waals surface area contributed by atoms with Crippen LogP contribution >= 0.6 is 11.6 Å². The molecule has 0 unspecified atom stereocenters. The van der Waals surface area contributed by atoms with Crippen LogP contribution in [0.25, 0.3) is 0 Å². The second-order valence-corrected chi connectivity index (χ2v) is 7.53. The maximum atomic E-state index is 13.0. The predicted octanol–water partition coefficient (Wildman–Crippen LogP) is 3.41. The molecule has 0 aliphatic carbocycles. The standard InChI is InChI=1S/C17H18ClNO5S/c1-24-15-5-2-4-14(12-15)19(11-3-6-17(20)21)25(22,23)16-9-7-13(18)8-10-16/h2,4-5,7-10,12H,3,6,11H2,1H3,(H,20,21). The van der Waals surface area contributed by atoms with Gasteiger partial charge in [0, 0.05) is 24.1 Å². The van der Waals surface area contributed by atoms with Gasteiger partial charge >= 0.3 is 5.97 Å². The number of rotatable bonds is 8. The molecule has 0 amide bonds. The van der Waals surface area contributed by atoms with Crippen LogP contribution in [0.15, 0.2) is 53.4 Å². The number of sulfonamides is 1. The van der Waals surface area contributed by atoms with Crippen LogP contribution in [0, 0.1) is 0 Å². The van der Waals surface area contributed by atoms with Gasteiger partial charge < -0.3 is 9.84 Å². The number of benzene rings is 2. The highest BCUT2D eigenvalue weighted by Gasteiger charge is 2.25. The van der Waals surface area contributed by atoms with Crippen LogP contribution < -0.4 is 9.04 Å². The van der Waals surface area contributed by atoms with Gasteiger partial charge in [-0.25, -0.2) is 8.42 Å². The number of halogens is 1. The summed E-state index contributed by atoms with van der Waals surface area (Å²) in [7, 11) is -2.38. The monoisotopic (exact) mass is 383 g/mol. The number of aliphatic carboxylic acids is 1. The number of carboxylic acids is 1. The Labute approximate surface area is 151 Å². The molecule has 0 saturated carbocycles. The Hall–Kier alpha value is -2.25. The first-order valence-electron chi connectivity index (χ1n) is 7.49. The number of carbonyl (C=O) groups is 1. The van der Waals surface area contributed by atoms with Gasteiger partial charge in [-0.15, -0.1) is 0 Å². The second-order valence-electron chi connectivity index (χ2n) is 5.23. The highest BCUT2D eigenvalue weighted by atomic mass is 35.5. The molecule has 0 bridgehead atoms. The first-order chi connectivity index (χ1) is 11.8. The number of ether oxygens (including phenoxy) is 1. The largest absolute Gasteiger partial charge is 0.497 e. The molecule has 0 saturated heterocycles. The van der Waals surface area contributed by atoms with Gasteiger partial charge in [0.2, 0.25) is 0 Å². The predicted molar refractivity (Wildman–Crippen MR) is 95.8 cm³/mol. The van der Waals surface area contributed by atoms with E-state index < -0.39 is 16.0 Å². The minimum Gasteiger partial charge on any atom is -0.497 e. The van der Waals surface area contributed by atoms with Gasteiger partial charge in [0.25, 0.3) is 10.0 Å². The van der Waals surface area contributed by atoms with Gasteiger partial charge in [-0.2, -0.15) is 0 Å². The lowest BCUT2D eigenvalue weighted by Gasteiger charge is -2.24. The molecule has 6 nitrogen and oxygen atoms in total. The van der Waals surface area contributed by atoms with E-state index in [2.05, 4.69) is 0 Å². The highest BCUT2D eigenvalue weighted by Crippen LogP contribution is 2.28. The van der Waals surface area contributed by atoms with Crippen molar-refractivity contribution in [2.24, 2.45) is 0 Å². The number of hydrogen-bond acceptors (Lipinski definition) is 4. The molecular formula is C17H18ClNO5S. The molecule has 0 atom stereocenters. The van der Waals surface area contributed by atoms with Crippen molar-refractivity contribution >= 4 is 33.3 Å². The van der Waals surface area contributed by atoms with Crippen LogP contribution in [0.4, 0.5) is 5.69 Å². The maximum Gasteiger partial charge on any atom is 0.303 e. The Morgan fingerprint density at radius 2 is 1.88 bits per heavy atom. The van der Waals surface area contributed by atoms with Crippen LogP contribution in [0.5, 0.6) is 5.75 Å². The molecule has 134 valence electrons. The van der Waals surface area contributed by atoms with E-state index in [9.17, 15) is 13.2 Å². The third kappa shape index (κ3) is 4.87. The molecule has 8 heteroatoms. The van der Waals surface area contributed by atoms with Crippen molar-refractivity contribution in [2.75, 3.05) is 18.0 Å². The Morgan fingerprint density at radius 3 is 2.48 bits per heavy atom. The summed E-state index contributed by atoms with van der Waals surface area (Å²) < 4.78 is 32.4. The van der Waals surface area contributed by atoms with Gasteiger partial charge in [-0.3, -0.25) is 9.10 Å². The summed E-state index contributed by atoms with van der Waals surface area (Å²) in [5.74, 6) is -0.471. The van der Waals surface area contributed by atoms with Gasteiger partial charge in [-0.05, 0) is 42.8 Å². The normalized spacial score (nSPS) is 11.1. The molecule has 2 aromatic rings. The Kier molecular flexibility index (Phi) is 6.27. The molecule has 0 spiro atoms. The van der Waals surface area contributed by atoms with Crippen LogP contribution in [0.3, 0.4) is 0 Å². The van der Waals surface area contributed by atoms with Crippen LogP contribution in [0.1, 0.15) is 12.8 Å². The van der Waals surface area contributed by atoms with Crippen molar-refractivity contribution in [3.05, 3.63) is 53.6 Å². The zero-order valence-electron chi connectivity index (χ0n) is 13.6. The molecule has 0 aliphatic heterocycles. The van der Waals surface area contributed by atoms with Crippen LogP contribution in [-0.4, -0.2) is 33.1 Å². The second kappa shape index (κ2) is 8.22. The van der Waals surface area contributed by atoms with Gasteiger partial charge in [0.05, 0.1) is 17.7 Å². The summed E-state index contributed by atoms with van der Waals surface area (Å²) in [5, 5.41) is 9.26. The average molecular weight is 384 g/mol. The molecule has 0 heterocycles. The Balaban J connectivity index is 2.41. The zero-order valence-corrected chi connectivity index (χ0v) is 15.1. The van der Waals surface area contributed by atoms with Crippen molar-refractivity contribution in [2.45, 2.75) is 17.7 Å². The van der Waals surface area contributed by atoms with Crippen molar-refractivity contribution in [3.63, 3.8) is 0 Å². The third-order valence-electron chi connectivity index (χ3n) is 3.49. The summed E-state index contributed by atoms with van der Waals surface area (Å²) >= 11 is 5.83. The van der Waals surface area contributed by atoms with E-state index in [1.54, 1.807) is 24.3 Å². The first-order valence-corrected chi connectivity index (χ1v) is 9.30. The SMILES string of the molecule is COc1cccc(N(CCCC(=O)O)S(=O)(=O)c2ccc(Cl)cc2)c1. The number of anilines is 1. The quantitative estimate of drug-likeness (QED) is 0.755. The van der Waals surface area contributed by atoms with Crippen LogP contribution in [0.2, 0.25) is 5.02 Å². The minimum atomic E-state index is -3.87. The van der Waals surface area contributed by atoms with E-state index in [0.29, 0.717) is 16.5 Å². The Bertz CT molecular complexity index is 836. The molecule has 25 heavy (non-hydrogen) atoms. The topological polar surface area (TPSA) is 83.9 Å². The first kappa shape index (κ1) is 19.1. The van der Waals surface area contributed by atoms with Crippen molar-refractivity contribution in [1.29, 1.82) is 0 Å². The summed E-state index contributed by atoms with van der Waals surface area (Å²) in [4.78, 5) is 10.9. The number of nitrogens with zero attached hydrogens (tertiary/aromatic N) is 1. The third-order valence-corrected chi connectivity index (χ3v) is 5.59. The summed E-state index contributed by atoms with van der Waals surface area (Å²) in [6, 6.07) is 12.4. The van der Waals surface area contributed by atoms with Crippen molar-refractivity contribution in [3.8, 4) is 5.75 Å². The highest BCUT2D eigenvalue weighted by molar-refractivity contribution is 7.92. The van der Waals surface area contributed by atoms with E-state index in [-0.39, 0.29) is 24.3 Å². The lowest BCUT2D eigenvalue weighted by molar-refractivity contribution is -0.137. The molecular weight excluding hydrogens is 366 g/mol. The van der Waals surface area contributed by atoms with E-state index in [1.807, 2.05) is 0 Å². The fourth-order valence-electron chi connectivity index (χ4n) is 2.26. The van der Waals surface area contributed by atoms with E-state index >= 15 is 0 Å². The minimum absolute atomic E-state index is 0.0322. The van der Waals surface area contributed by atoms with Crippen molar-refractivity contribution in [1.82, 2.24) is 0 Å². The lowest BCUT2D eigenvalue weighted by atomic mass is 10.2. The summed E-state index contributed by atoms with van der Waals surface area (Å²) in [6.07, 6.45) is 0.0516. The van der Waals surface area contributed by atoms with Crippen LogP contribution in [-0.2, 0) is 14.8 Å². The van der Waals surface area contributed by atoms with E-state index in [1.165, 1.54) is 35.7 Å². The Morgan fingerprint density at radius 1 is 1.20 bits per heavy atom. The zero-order chi connectivity index (χ0) is 18.4. The molecule has 0 fully saturated rings. The van der Waals surface area contributed by atoms with E-state index in [4.69, 9.17) is 21.4 Å². The van der Waals surface area contributed by atoms with Gasteiger partial charge in [-0.1, -0.05) is 17.7 Å². The fourth-order valence-corrected chi connectivity index (χ4v) is 3.88. The van der Waals surface area contributed by atoms with E-state index in [0.717, 1.165) is 0 Å². The summed E-state index contributed by atoms with van der Waals surface area (Å²) in [5.41, 5.74) is 0.402. The number of hydrogen-bond donors (Lipinski definition) is 1. The van der Waals surface area contributed by atoms with Crippen molar-refractivity contribution < 1.29 is 23.1 Å². The average Bonchev–Trinajstić information content (AvgIpc) is 2.58.